The van der Waals surface area contributed by atoms with Crippen LogP contribution in [0.2, 0.25) is 0 Å². The Kier molecular flexibility index (Phi) is 4.54. The zero-order chi connectivity index (χ0) is 13.8. The zero-order valence-corrected chi connectivity index (χ0v) is 11.2. The number of hydrogen-bond acceptors (Lipinski definition) is 4. The number of rotatable bonds is 3. The number of aliphatic hydroxyl groups is 2. The van der Waals surface area contributed by atoms with E-state index in [1.807, 2.05) is 0 Å². The van der Waals surface area contributed by atoms with Crippen molar-refractivity contribution in [1.29, 1.82) is 5.26 Å². The Labute approximate surface area is 113 Å². The normalized spacial score (nSPS) is 25.8. The fourth-order valence-corrected chi connectivity index (χ4v) is 2.41. The number of hydrogen-bond donors (Lipinski definition) is 2. The predicted octanol–water partition coefficient (Wildman–Crippen LogP) is 1.29. The van der Waals surface area contributed by atoms with Crippen molar-refractivity contribution >= 4 is 0 Å². The maximum atomic E-state index is 10.2. The summed E-state index contributed by atoms with van der Waals surface area (Å²) in [6.45, 7) is 4.11. The van der Waals surface area contributed by atoms with E-state index in [1.165, 1.54) is 0 Å². The van der Waals surface area contributed by atoms with Crippen molar-refractivity contribution in [3.63, 3.8) is 0 Å². The first kappa shape index (κ1) is 14.0. The van der Waals surface area contributed by atoms with E-state index in [0.29, 0.717) is 24.6 Å². The summed E-state index contributed by atoms with van der Waals surface area (Å²) >= 11 is 0. The molecule has 4 nitrogen and oxygen atoms in total. The number of nitrogens with zero attached hydrogens (tertiary/aromatic N) is 2. The minimum absolute atomic E-state index is 0.304. The van der Waals surface area contributed by atoms with Gasteiger partial charge >= 0.3 is 0 Å². The number of benzene rings is 1. The smallest absolute Gasteiger partial charge is 0.0991 e. The largest absolute Gasteiger partial charge is 0.392 e. The van der Waals surface area contributed by atoms with Crippen LogP contribution in [-0.2, 0) is 0 Å². The average molecular weight is 260 g/mol. The second kappa shape index (κ2) is 6.16. The van der Waals surface area contributed by atoms with Crippen molar-refractivity contribution in [3.05, 3.63) is 35.4 Å². The summed E-state index contributed by atoms with van der Waals surface area (Å²) in [5.74, 6) is 0.336. The summed E-state index contributed by atoms with van der Waals surface area (Å²) in [5, 5.41) is 28.8. The molecule has 0 radical (unpaired) electrons. The molecule has 0 bridgehead atoms. The number of likely N-dealkylation sites (tertiary alicyclic amines) is 1. The average Bonchev–Trinajstić information content (AvgIpc) is 2.43. The molecule has 1 aliphatic heterocycles. The van der Waals surface area contributed by atoms with Crippen LogP contribution in [0.1, 0.15) is 30.6 Å². The number of nitriles is 1. The Hall–Kier alpha value is -1.41. The highest BCUT2D eigenvalue weighted by atomic mass is 16.3. The molecular weight excluding hydrogens is 240 g/mol. The molecule has 1 aliphatic rings. The molecular formula is C15H20N2O2. The molecule has 0 aliphatic carbocycles. The Morgan fingerprint density at radius 3 is 2.68 bits per heavy atom. The molecule has 1 heterocycles. The standard InChI is InChI=1S/C15H20N2O2/c1-11-6-7-17(9-14(11)18)10-15(19)13-4-2-12(8-16)3-5-13/h2-5,11,14-15,18-19H,6-7,9-10H2,1H3. The molecule has 102 valence electrons. The van der Waals surface area contributed by atoms with Crippen LogP contribution in [0.5, 0.6) is 0 Å². The molecule has 3 atom stereocenters. The molecule has 2 rings (SSSR count). The molecule has 1 fully saturated rings. The van der Waals surface area contributed by atoms with Gasteiger partial charge in [-0.15, -0.1) is 0 Å². The second-order valence-electron chi connectivity index (χ2n) is 5.34. The van der Waals surface area contributed by atoms with Crippen LogP contribution in [-0.4, -0.2) is 40.9 Å². The first-order chi connectivity index (χ1) is 9.10. The lowest BCUT2D eigenvalue weighted by Gasteiger charge is -2.35. The summed E-state index contributed by atoms with van der Waals surface area (Å²) in [6, 6.07) is 9.06. The van der Waals surface area contributed by atoms with Gasteiger partial charge in [0.05, 0.1) is 23.8 Å². The van der Waals surface area contributed by atoms with Crippen LogP contribution in [0.3, 0.4) is 0 Å². The van der Waals surface area contributed by atoms with Crippen molar-refractivity contribution in [1.82, 2.24) is 4.90 Å². The first-order valence-electron chi connectivity index (χ1n) is 6.68. The first-order valence-corrected chi connectivity index (χ1v) is 6.68. The number of piperidine rings is 1. The Balaban J connectivity index is 1.93. The Bertz CT molecular complexity index is 452. The van der Waals surface area contributed by atoms with Crippen LogP contribution in [0.25, 0.3) is 0 Å². The maximum absolute atomic E-state index is 10.2. The topological polar surface area (TPSA) is 67.5 Å². The van der Waals surface area contributed by atoms with Gasteiger partial charge in [0.1, 0.15) is 0 Å². The van der Waals surface area contributed by atoms with Crippen LogP contribution >= 0.6 is 0 Å². The van der Waals surface area contributed by atoms with E-state index in [2.05, 4.69) is 17.9 Å². The summed E-state index contributed by atoms with van der Waals surface area (Å²) in [6.07, 6.45) is 0.0802. The van der Waals surface area contributed by atoms with Crippen molar-refractivity contribution in [2.45, 2.75) is 25.6 Å². The van der Waals surface area contributed by atoms with Crippen LogP contribution in [0.15, 0.2) is 24.3 Å². The second-order valence-corrected chi connectivity index (χ2v) is 5.34. The summed E-state index contributed by atoms with van der Waals surface area (Å²) < 4.78 is 0. The van der Waals surface area contributed by atoms with Crippen molar-refractivity contribution in [2.24, 2.45) is 5.92 Å². The predicted molar refractivity (Wildman–Crippen MR) is 72.3 cm³/mol. The Morgan fingerprint density at radius 1 is 1.42 bits per heavy atom. The number of β-amino-alcohol motifs (C(OH)–C–C–N with tert-alkyl or cyclic N) is 2. The van der Waals surface area contributed by atoms with Crippen LogP contribution in [0.4, 0.5) is 0 Å². The van der Waals surface area contributed by atoms with Gasteiger partial charge in [-0.2, -0.15) is 5.26 Å². The fourth-order valence-electron chi connectivity index (χ4n) is 2.41. The monoisotopic (exact) mass is 260 g/mol. The lowest BCUT2D eigenvalue weighted by Crippen LogP contribution is -2.44. The number of aliphatic hydroxyl groups excluding tert-OH is 2. The van der Waals surface area contributed by atoms with Gasteiger partial charge in [0.25, 0.3) is 0 Å². The Morgan fingerprint density at radius 2 is 2.11 bits per heavy atom. The van der Waals surface area contributed by atoms with E-state index in [9.17, 15) is 10.2 Å². The molecule has 1 saturated heterocycles. The molecule has 0 amide bonds. The highest BCUT2D eigenvalue weighted by Gasteiger charge is 2.25. The third-order valence-corrected chi connectivity index (χ3v) is 3.86. The van der Waals surface area contributed by atoms with E-state index in [1.54, 1.807) is 24.3 Å². The molecule has 0 aromatic heterocycles. The lowest BCUT2D eigenvalue weighted by atomic mass is 9.95. The van der Waals surface area contributed by atoms with Gasteiger partial charge in [-0.1, -0.05) is 19.1 Å². The lowest BCUT2D eigenvalue weighted by molar-refractivity contribution is 0.00859. The summed E-state index contributed by atoms with van der Waals surface area (Å²) in [7, 11) is 0. The van der Waals surface area contributed by atoms with E-state index < -0.39 is 6.10 Å². The molecule has 19 heavy (non-hydrogen) atoms. The molecule has 4 heteroatoms. The van der Waals surface area contributed by atoms with E-state index in [0.717, 1.165) is 18.5 Å². The van der Waals surface area contributed by atoms with Gasteiger partial charge in [0.2, 0.25) is 0 Å². The third-order valence-electron chi connectivity index (χ3n) is 3.86. The van der Waals surface area contributed by atoms with E-state index in [4.69, 9.17) is 5.26 Å². The third kappa shape index (κ3) is 3.54. The molecule has 3 unspecified atom stereocenters. The maximum Gasteiger partial charge on any atom is 0.0991 e. The van der Waals surface area contributed by atoms with Gasteiger partial charge < -0.3 is 10.2 Å². The summed E-state index contributed by atoms with van der Waals surface area (Å²) in [4.78, 5) is 2.09. The van der Waals surface area contributed by atoms with Gasteiger partial charge in [-0.05, 0) is 36.6 Å². The van der Waals surface area contributed by atoms with Crippen molar-refractivity contribution < 1.29 is 10.2 Å². The van der Waals surface area contributed by atoms with Gasteiger partial charge in [-0.25, -0.2) is 0 Å². The van der Waals surface area contributed by atoms with Crippen LogP contribution in [0, 0.1) is 17.2 Å². The minimum Gasteiger partial charge on any atom is -0.392 e. The quantitative estimate of drug-likeness (QED) is 0.859. The van der Waals surface area contributed by atoms with Gasteiger partial charge in [0, 0.05) is 13.1 Å². The van der Waals surface area contributed by atoms with E-state index >= 15 is 0 Å². The van der Waals surface area contributed by atoms with Gasteiger partial charge in [0.15, 0.2) is 0 Å². The van der Waals surface area contributed by atoms with Gasteiger partial charge in [-0.3, -0.25) is 4.90 Å². The SMILES string of the molecule is CC1CCN(CC(O)c2ccc(C#N)cc2)CC1O. The minimum atomic E-state index is -0.576. The highest BCUT2D eigenvalue weighted by molar-refractivity contribution is 5.32. The van der Waals surface area contributed by atoms with Crippen molar-refractivity contribution in [3.8, 4) is 6.07 Å². The fraction of sp³-hybridized carbons (Fsp3) is 0.533. The van der Waals surface area contributed by atoms with Crippen molar-refractivity contribution in [2.75, 3.05) is 19.6 Å². The van der Waals surface area contributed by atoms with E-state index in [-0.39, 0.29) is 6.10 Å². The molecule has 2 N–H and O–H groups in total. The zero-order valence-electron chi connectivity index (χ0n) is 11.2. The highest BCUT2D eigenvalue weighted by Crippen LogP contribution is 2.21. The molecule has 1 aromatic rings. The molecule has 1 aromatic carbocycles. The summed E-state index contributed by atoms with van der Waals surface area (Å²) in [5.41, 5.74) is 1.41. The van der Waals surface area contributed by atoms with Crippen LogP contribution < -0.4 is 0 Å². The molecule has 0 saturated carbocycles. The molecule has 0 spiro atoms.